The summed E-state index contributed by atoms with van der Waals surface area (Å²) in [6.07, 6.45) is 1.90. The van der Waals surface area contributed by atoms with Gasteiger partial charge in [-0.1, -0.05) is 42.5 Å². The number of fused-ring (bicyclic) bond motifs is 1. The molecule has 0 saturated heterocycles. The second-order valence-corrected chi connectivity index (χ2v) is 7.49. The van der Waals surface area contributed by atoms with Crippen LogP contribution in [0.15, 0.2) is 53.9 Å². The lowest BCUT2D eigenvalue weighted by atomic mass is 10.1. The van der Waals surface area contributed by atoms with E-state index in [4.69, 9.17) is 4.74 Å². The van der Waals surface area contributed by atoms with Crippen LogP contribution in [0.5, 0.6) is 5.75 Å². The van der Waals surface area contributed by atoms with Crippen LogP contribution in [0, 0.1) is 0 Å². The summed E-state index contributed by atoms with van der Waals surface area (Å²) in [5.74, 6) is 0.823. The number of carbonyl (C=O) groups is 1. The maximum atomic E-state index is 12.4. The zero-order chi connectivity index (χ0) is 17.9. The van der Waals surface area contributed by atoms with E-state index < -0.39 is 0 Å². The van der Waals surface area contributed by atoms with Crippen LogP contribution in [0.4, 0.5) is 0 Å². The fourth-order valence-electron chi connectivity index (χ4n) is 3.13. The normalized spacial score (nSPS) is 15.3. The number of nitrogens with zero attached hydrogens (tertiary/aromatic N) is 1. The van der Waals surface area contributed by atoms with Gasteiger partial charge in [-0.25, -0.2) is 4.98 Å². The third kappa shape index (κ3) is 3.78. The van der Waals surface area contributed by atoms with Crippen LogP contribution in [0.1, 0.15) is 39.1 Å². The Morgan fingerprint density at radius 1 is 1.23 bits per heavy atom. The maximum Gasteiger partial charge on any atom is 0.271 e. The predicted molar refractivity (Wildman–Crippen MR) is 103 cm³/mol. The molecule has 1 aromatic heterocycles. The Hall–Kier alpha value is -2.66. The van der Waals surface area contributed by atoms with E-state index >= 15 is 0 Å². The first-order valence-corrected chi connectivity index (χ1v) is 9.60. The van der Waals surface area contributed by atoms with Gasteiger partial charge in [-0.05, 0) is 29.7 Å². The van der Waals surface area contributed by atoms with Gasteiger partial charge in [0.1, 0.15) is 17.5 Å². The molecule has 3 aromatic rings. The van der Waals surface area contributed by atoms with Crippen molar-refractivity contribution < 1.29 is 9.53 Å². The Morgan fingerprint density at radius 3 is 2.92 bits per heavy atom. The Labute approximate surface area is 156 Å². The van der Waals surface area contributed by atoms with Gasteiger partial charge in [0.15, 0.2) is 0 Å². The monoisotopic (exact) mass is 364 g/mol. The maximum absolute atomic E-state index is 12.4. The molecule has 26 heavy (non-hydrogen) atoms. The Bertz CT molecular complexity index is 921. The molecule has 5 heteroatoms. The molecular weight excluding hydrogens is 344 g/mol. The molecule has 0 bridgehead atoms. The van der Waals surface area contributed by atoms with E-state index in [0.29, 0.717) is 12.2 Å². The fraction of sp³-hybridized carbons (Fsp3) is 0.238. The first-order chi connectivity index (χ1) is 12.7. The number of hydrogen-bond donors (Lipinski definition) is 1. The molecule has 0 spiro atoms. The van der Waals surface area contributed by atoms with Gasteiger partial charge in [-0.15, -0.1) is 11.3 Å². The molecule has 0 radical (unpaired) electrons. The standard InChI is InChI=1S/C21H20N2O2S/c1-14-9-17-10-16(7-8-19(17)25-14)12-22-21(24)18-13-26-20(23-18)11-15-5-3-2-4-6-15/h2-8,10,13-14H,9,11-12H2,1H3,(H,22,24). The van der Waals surface area contributed by atoms with Crippen LogP contribution in [0.3, 0.4) is 0 Å². The molecule has 4 rings (SSSR count). The van der Waals surface area contributed by atoms with Crippen molar-refractivity contribution in [3.63, 3.8) is 0 Å². The van der Waals surface area contributed by atoms with E-state index in [9.17, 15) is 4.79 Å². The van der Waals surface area contributed by atoms with E-state index in [0.717, 1.165) is 29.2 Å². The highest BCUT2D eigenvalue weighted by atomic mass is 32.1. The molecule has 4 nitrogen and oxygen atoms in total. The zero-order valence-electron chi connectivity index (χ0n) is 14.6. The molecular formula is C21H20N2O2S. The summed E-state index contributed by atoms with van der Waals surface area (Å²) in [5.41, 5.74) is 3.97. The van der Waals surface area contributed by atoms with Gasteiger partial charge in [-0.2, -0.15) is 0 Å². The summed E-state index contributed by atoms with van der Waals surface area (Å²) in [6.45, 7) is 2.56. The SMILES string of the molecule is CC1Cc2cc(CNC(=O)c3csc(Cc4ccccc4)n3)ccc2O1. The second kappa shape index (κ2) is 7.30. The molecule has 0 saturated carbocycles. The summed E-state index contributed by atoms with van der Waals surface area (Å²) < 4.78 is 5.71. The summed E-state index contributed by atoms with van der Waals surface area (Å²) in [7, 11) is 0. The molecule has 1 atom stereocenters. The minimum Gasteiger partial charge on any atom is -0.490 e. The quantitative estimate of drug-likeness (QED) is 0.745. The highest BCUT2D eigenvalue weighted by molar-refractivity contribution is 7.09. The number of amides is 1. The molecule has 1 unspecified atom stereocenters. The van der Waals surface area contributed by atoms with Gasteiger partial charge >= 0.3 is 0 Å². The molecule has 0 aliphatic carbocycles. The molecule has 2 aromatic carbocycles. The van der Waals surface area contributed by atoms with Crippen LogP contribution < -0.4 is 10.1 Å². The average molecular weight is 364 g/mol. The number of carbonyl (C=O) groups excluding carboxylic acids is 1. The van der Waals surface area contributed by atoms with Gasteiger partial charge in [0.05, 0.1) is 5.01 Å². The van der Waals surface area contributed by atoms with E-state index in [2.05, 4.69) is 35.4 Å². The van der Waals surface area contributed by atoms with Gasteiger partial charge in [0.25, 0.3) is 5.91 Å². The number of benzene rings is 2. The molecule has 1 aliphatic rings. The third-order valence-corrected chi connectivity index (χ3v) is 5.24. The molecule has 1 aliphatic heterocycles. The number of nitrogens with one attached hydrogen (secondary N) is 1. The average Bonchev–Trinajstić information content (AvgIpc) is 3.25. The molecule has 0 fully saturated rings. The first-order valence-electron chi connectivity index (χ1n) is 8.72. The highest BCUT2D eigenvalue weighted by Gasteiger charge is 2.19. The lowest BCUT2D eigenvalue weighted by molar-refractivity contribution is 0.0946. The van der Waals surface area contributed by atoms with Crippen LogP contribution in [0.2, 0.25) is 0 Å². The summed E-state index contributed by atoms with van der Waals surface area (Å²) in [5, 5.41) is 5.73. The van der Waals surface area contributed by atoms with E-state index in [-0.39, 0.29) is 12.0 Å². The van der Waals surface area contributed by atoms with Crippen LogP contribution >= 0.6 is 11.3 Å². The highest BCUT2D eigenvalue weighted by Crippen LogP contribution is 2.29. The Morgan fingerprint density at radius 2 is 2.08 bits per heavy atom. The van der Waals surface area contributed by atoms with Crippen LogP contribution in [0.25, 0.3) is 0 Å². The van der Waals surface area contributed by atoms with Crippen molar-refractivity contribution in [3.8, 4) is 5.75 Å². The van der Waals surface area contributed by atoms with Crippen molar-refractivity contribution in [1.82, 2.24) is 10.3 Å². The van der Waals surface area contributed by atoms with Gasteiger partial charge < -0.3 is 10.1 Å². The molecule has 2 heterocycles. The number of thiazole rings is 1. The molecule has 1 N–H and O–H groups in total. The summed E-state index contributed by atoms with van der Waals surface area (Å²) in [6, 6.07) is 16.3. The number of ether oxygens (including phenoxy) is 1. The minimum absolute atomic E-state index is 0.134. The number of aromatic nitrogens is 1. The van der Waals surface area contributed by atoms with Crippen molar-refractivity contribution >= 4 is 17.2 Å². The topological polar surface area (TPSA) is 51.2 Å². The van der Waals surface area contributed by atoms with Crippen LogP contribution in [-0.2, 0) is 19.4 Å². The predicted octanol–water partition coefficient (Wildman–Crippen LogP) is 3.99. The van der Waals surface area contributed by atoms with Gasteiger partial charge in [0.2, 0.25) is 0 Å². The minimum atomic E-state index is -0.134. The lowest BCUT2D eigenvalue weighted by Gasteiger charge is -2.06. The number of hydrogen-bond acceptors (Lipinski definition) is 4. The van der Waals surface area contributed by atoms with Crippen molar-refractivity contribution in [1.29, 1.82) is 0 Å². The zero-order valence-corrected chi connectivity index (χ0v) is 15.4. The van der Waals surface area contributed by atoms with Gasteiger partial charge in [-0.3, -0.25) is 4.79 Å². The largest absolute Gasteiger partial charge is 0.490 e. The van der Waals surface area contributed by atoms with E-state index in [1.54, 1.807) is 0 Å². The third-order valence-electron chi connectivity index (χ3n) is 4.40. The van der Waals surface area contributed by atoms with Crippen molar-refractivity contribution in [3.05, 3.63) is 81.3 Å². The lowest BCUT2D eigenvalue weighted by Crippen LogP contribution is -2.23. The van der Waals surface area contributed by atoms with Crippen molar-refractivity contribution in [2.24, 2.45) is 0 Å². The molecule has 132 valence electrons. The van der Waals surface area contributed by atoms with E-state index in [1.165, 1.54) is 22.5 Å². The van der Waals surface area contributed by atoms with Gasteiger partial charge in [0, 0.05) is 24.8 Å². The summed E-state index contributed by atoms with van der Waals surface area (Å²) in [4.78, 5) is 16.8. The van der Waals surface area contributed by atoms with Crippen molar-refractivity contribution in [2.75, 3.05) is 0 Å². The fourth-order valence-corrected chi connectivity index (χ4v) is 3.93. The Kier molecular flexibility index (Phi) is 4.71. The second-order valence-electron chi connectivity index (χ2n) is 6.55. The van der Waals surface area contributed by atoms with E-state index in [1.807, 2.05) is 35.7 Å². The summed E-state index contributed by atoms with van der Waals surface area (Å²) >= 11 is 1.52. The van der Waals surface area contributed by atoms with Crippen molar-refractivity contribution in [2.45, 2.75) is 32.4 Å². The smallest absolute Gasteiger partial charge is 0.271 e. The first kappa shape index (κ1) is 16.8. The number of rotatable bonds is 5. The Balaban J connectivity index is 1.36. The molecule has 1 amide bonds. The van der Waals surface area contributed by atoms with Crippen LogP contribution in [-0.4, -0.2) is 17.0 Å².